The lowest BCUT2D eigenvalue weighted by Crippen LogP contribution is -2.21. The Bertz CT molecular complexity index is 931. The molecule has 0 spiro atoms. The average Bonchev–Trinajstić information content (AvgIpc) is 3.11. The predicted molar refractivity (Wildman–Crippen MR) is 102 cm³/mol. The summed E-state index contributed by atoms with van der Waals surface area (Å²) >= 11 is 0. The molecule has 0 saturated heterocycles. The topological polar surface area (TPSA) is 68.2 Å². The number of rotatable bonds is 3. The number of methoxy groups -OCH3 is 1. The van der Waals surface area contributed by atoms with Crippen LogP contribution in [0.4, 0.5) is 0 Å². The van der Waals surface area contributed by atoms with E-state index >= 15 is 0 Å². The van der Waals surface area contributed by atoms with Crippen molar-refractivity contribution in [2.45, 2.75) is 38.7 Å². The van der Waals surface area contributed by atoms with Crippen molar-refractivity contribution in [2.24, 2.45) is 0 Å². The lowest BCUT2D eigenvalue weighted by atomic mass is 9.86. The summed E-state index contributed by atoms with van der Waals surface area (Å²) in [7, 11) is 1.58. The largest absolute Gasteiger partial charge is 0.508 e. The minimum atomic E-state index is -0.0804. The third-order valence-corrected chi connectivity index (χ3v) is 5.54. The highest BCUT2D eigenvalue weighted by molar-refractivity contribution is 5.65. The summed E-state index contributed by atoms with van der Waals surface area (Å²) in [6.07, 6.45) is 1.26. The van der Waals surface area contributed by atoms with E-state index in [1.807, 2.05) is 19.9 Å². The van der Waals surface area contributed by atoms with Gasteiger partial charge in [0, 0.05) is 40.7 Å². The van der Waals surface area contributed by atoms with Crippen LogP contribution in [0.3, 0.4) is 0 Å². The molecule has 0 aromatic heterocycles. The van der Waals surface area contributed by atoms with Gasteiger partial charge >= 0.3 is 0 Å². The molecule has 5 nitrogen and oxygen atoms in total. The van der Waals surface area contributed by atoms with Crippen LogP contribution in [0.25, 0.3) is 0 Å². The molecule has 2 atom stereocenters. The summed E-state index contributed by atoms with van der Waals surface area (Å²) in [5, 5.41) is 20.5. The van der Waals surface area contributed by atoms with Crippen molar-refractivity contribution in [2.75, 3.05) is 13.7 Å². The lowest BCUT2D eigenvalue weighted by Gasteiger charge is -2.29. The number of aromatic hydroxyl groups is 2. The van der Waals surface area contributed by atoms with Crippen LogP contribution in [0, 0.1) is 6.92 Å². The molecule has 0 aliphatic carbocycles. The number of ether oxygens (including phenoxy) is 3. The highest BCUT2D eigenvalue weighted by Crippen LogP contribution is 2.51. The zero-order valence-corrected chi connectivity index (χ0v) is 15.8. The Morgan fingerprint density at radius 3 is 2.67 bits per heavy atom. The lowest BCUT2D eigenvalue weighted by molar-refractivity contribution is 0.252. The number of phenols is 2. The van der Waals surface area contributed by atoms with Gasteiger partial charge < -0.3 is 24.4 Å². The zero-order chi connectivity index (χ0) is 19.3. The molecule has 0 saturated carbocycles. The van der Waals surface area contributed by atoms with E-state index in [2.05, 4.69) is 6.58 Å². The van der Waals surface area contributed by atoms with E-state index < -0.39 is 0 Å². The van der Waals surface area contributed by atoms with Crippen LogP contribution in [-0.2, 0) is 12.8 Å². The van der Waals surface area contributed by atoms with E-state index in [0.29, 0.717) is 25.2 Å². The van der Waals surface area contributed by atoms with Crippen LogP contribution in [0.2, 0.25) is 0 Å². The Morgan fingerprint density at radius 1 is 1.19 bits per heavy atom. The Morgan fingerprint density at radius 2 is 1.96 bits per heavy atom. The first-order chi connectivity index (χ1) is 12.9. The summed E-state index contributed by atoms with van der Waals surface area (Å²) in [4.78, 5) is 0. The van der Waals surface area contributed by atoms with E-state index in [-0.39, 0.29) is 23.5 Å². The van der Waals surface area contributed by atoms with Crippen molar-refractivity contribution in [1.82, 2.24) is 0 Å². The number of hydrogen-bond acceptors (Lipinski definition) is 5. The second kappa shape index (κ2) is 6.41. The van der Waals surface area contributed by atoms with Gasteiger partial charge in [-0.2, -0.15) is 0 Å². The maximum atomic E-state index is 10.8. The standard InChI is InChI=1S/C22H24O5/c1-11(2)18-9-17-21(27-18)12(3)20(24)16-7-13(10-26-22(16)17)15-6-5-14(23)8-19(15)25-4/h5-6,8,13,18,23-24H,1,7,9-10H2,2-4H3. The summed E-state index contributed by atoms with van der Waals surface area (Å²) in [5.74, 6) is 2.50. The van der Waals surface area contributed by atoms with Crippen molar-refractivity contribution < 1.29 is 24.4 Å². The van der Waals surface area contributed by atoms with Gasteiger partial charge in [0.15, 0.2) is 0 Å². The SMILES string of the molecule is C=C(C)C1Cc2c(c(C)c(O)c3c2OCC(c2ccc(O)cc2OC)C3)O1. The third-order valence-electron chi connectivity index (χ3n) is 5.54. The molecular formula is C22H24O5. The minimum absolute atomic E-state index is 0.0238. The van der Waals surface area contributed by atoms with Gasteiger partial charge in [0.1, 0.15) is 34.9 Å². The van der Waals surface area contributed by atoms with E-state index in [4.69, 9.17) is 14.2 Å². The monoisotopic (exact) mass is 368 g/mol. The Hall–Kier alpha value is -2.82. The highest BCUT2D eigenvalue weighted by atomic mass is 16.5. The van der Waals surface area contributed by atoms with Gasteiger partial charge in [-0.1, -0.05) is 12.6 Å². The third kappa shape index (κ3) is 2.78. The van der Waals surface area contributed by atoms with Gasteiger partial charge in [-0.15, -0.1) is 0 Å². The molecule has 5 heteroatoms. The fraction of sp³-hybridized carbons (Fsp3) is 0.364. The minimum Gasteiger partial charge on any atom is -0.508 e. The maximum Gasteiger partial charge on any atom is 0.133 e. The Kier molecular flexibility index (Phi) is 4.17. The Labute approximate surface area is 158 Å². The molecule has 142 valence electrons. The fourth-order valence-corrected chi connectivity index (χ4v) is 4.03. The van der Waals surface area contributed by atoms with Crippen LogP contribution < -0.4 is 14.2 Å². The van der Waals surface area contributed by atoms with Crippen LogP contribution in [0.1, 0.15) is 35.1 Å². The fourth-order valence-electron chi connectivity index (χ4n) is 4.03. The maximum absolute atomic E-state index is 10.8. The number of fused-ring (bicyclic) bond motifs is 3. The van der Waals surface area contributed by atoms with E-state index in [1.54, 1.807) is 19.2 Å². The molecule has 2 unspecified atom stereocenters. The molecule has 2 aliphatic rings. The normalized spacial score (nSPS) is 20.3. The van der Waals surface area contributed by atoms with Gasteiger partial charge in [0.2, 0.25) is 0 Å². The van der Waals surface area contributed by atoms with Crippen molar-refractivity contribution in [3.63, 3.8) is 0 Å². The Balaban J connectivity index is 1.74. The van der Waals surface area contributed by atoms with Crippen molar-refractivity contribution >= 4 is 0 Å². The van der Waals surface area contributed by atoms with Crippen LogP contribution in [0.5, 0.6) is 28.7 Å². The van der Waals surface area contributed by atoms with E-state index in [9.17, 15) is 10.2 Å². The average molecular weight is 368 g/mol. The first-order valence-electron chi connectivity index (χ1n) is 9.09. The first-order valence-corrected chi connectivity index (χ1v) is 9.09. The quantitative estimate of drug-likeness (QED) is 0.801. The molecule has 2 aliphatic heterocycles. The summed E-state index contributed by atoms with van der Waals surface area (Å²) in [6, 6.07) is 5.10. The van der Waals surface area contributed by atoms with E-state index in [1.165, 1.54) is 0 Å². The summed E-state index contributed by atoms with van der Waals surface area (Å²) < 4.78 is 17.6. The molecular weight excluding hydrogens is 344 g/mol. The molecule has 27 heavy (non-hydrogen) atoms. The number of phenolic OH excluding ortho intramolecular Hbond substituents is 2. The smallest absolute Gasteiger partial charge is 0.133 e. The molecule has 0 amide bonds. The second-order valence-corrected chi connectivity index (χ2v) is 7.38. The van der Waals surface area contributed by atoms with Gasteiger partial charge in [-0.25, -0.2) is 0 Å². The number of hydrogen-bond donors (Lipinski definition) is 2. The van der Waals surface area contributed by atoms with Gasteiger partial charge in [-0.3, -0.25) is 0 Å². The molecule has 2 N–H and O–H groups in total. The molecule has 2 heterocycles. The van der Waals surface area contributed by atoms with Gasteiger partial charge in [0.05, 0.1) is 13.7 Å². The van der Waals surface area contributed by atoms with Crippen molar-refractivity contribution in [3.05, 3.63) is 52.6 Å². The zero-order valence-electron chi connectivity index (χ0n) is 15.8. The van der Waals surface area contributed by atoms with Crippen LogP contribution >= 0.6 is 0 Å². The predicted octanol–water partition coefficient (Wildman–Crippen LogP) is 4.01. The van der Waals surface area contributed by atoms with Crippen molar-refractivity contribution in [3.8, 4) is 28.7 Å². The molecule has 0 bridgehead atoms. The highest BCUT2D eigenvalue weighted by Gasteiger charge is 2.36. The molecule has 4 rings (SSSR count). The van der Waals surface area contributed by atoms with Crippen LogP contribution in [0.15, 0.2) is 30.4 Å². The molecule has 2 aromatic carbocycles. The first kappa shape index (κ1) is 17.6. The molecule has 0 radical (unpaired) electrons. The summed E-state index contributed by atoms with van der Waals surface area (Å²) in [6.45, 7) is 8.30. The molecule has 2 aromatic rings. The van der Waals surface area contributed by atoms with Gasteiger partial charge in [0.25, 0.3) is 0 Å². The number of benzene rings is 2. The molecule has 0 fully saturated rings. The van der Waals surface area contributed by atoms with Crippen molar-refractivity contribution in [1.29, 1.82) is 0 Å². The van der Waals surface area contributed by atoms with Crippen LogP contribution in [-0.4, -0.2) is 30.0 Å². The van der Waals surface area contributed by atoms with E-state index in [0.717, 1.165) is 39.3 Å². The van der Waals surface area contributed by atoms with Gasteiger partial charge in [-0.05, 0) is 31.9 Å². The summed E-state index contributed by atoms with van der Waals surface area (Å²) in [5.41, 5.74) is 4.48. The second-order valence-electron chi connectivity index (χ2n) is 7.38.